The van der Waals surface area contributed by atoms with Crippen LogP contribution in [0.3, 0.4) is 0 Å². The monoisotopic (exact) mass is 239 g/mol. The van der Waals surface area contributed by atoms with Crippen LogP contribution in [0.4, 0.5) is 0 Å². The summed E-state index contributed by atoms with van der Waals surface area (Å²) in [5, 5.41) is 13.6. The molecule has 1 atom stereocenters. The molecule has 0 aromatic rings. The highest BCUT2D eigenvalue weighted by Crippen LogP contribution is 2.25. The largest absolute Gasteiger partial charge is 0.389 e. The Kier molecular flexibility index (Phi) is 6.35. The van der Waals surface area contributed by atoms with Crippen molar-refractivity contribution in [2.75, 3.05) is 13.2 Å². The van der Waals surface area contributed by atoms with E-state index in [0.717, 1.165) is 5.57 Å². The molecule has 17 heavy (non-hydrogen) atoms. The zero-order chi connectivity index (χ0) is 12.5. The lowest BCUT2D eigenvalue weighted by molar-refractivity contribution is -0.293. The van der Waals surface area contributed by atoms with Crippen molar-refractivity contribution in [2.45, 2.75) is 32.3 Å². The predicted molar refractivity (Wildman–Crippen MR) is 62.7 cm³/mol. The Morgan fingerprint density at radius 1 is 1.47 bits per heavy atom. The van der Waals surface area contributed by atoms with Crippen LogP contribution in [0.2, 0.25) is 0 Å². The topological polar surface area (TPSA) is 87.5 Å². The molecule has 0 radical (unpaired) electrons. The van der Waals surface area contributed by atoms with Gasteiger partial charge in [-0.2, -0.15) is 0 Å². The van der Waals surface area contributed by atoms with Crippen molar-refractivity contribution in [1.29, 1.82) is 0 Å². The molecule has 6 nitrogen and oxygen atoms in total. The van der Waals surface area contributed by atoms with Gasteiger partial charge in [0.15, 0.2) is 0 Å². The highest BCUT2D eigenvalue weighted by Gasteiger charge is 2.16. The molecule has 1 N–H and O–H groups in total. The summed E-state index contributed by atoms with van der Waals surface area (Å²) in [7, 11) is 0. The highest BCUT2D eigenvalue weighted by atomic mass is 17.2. The summed E-state index contributed by atoms with van der Waals surface area (Å²) in [6.07, 6.45) is 4.84. The van der Waals surface area contributed by atoms with Crippen LogP contribution in [0.15, 0.2) is 28.5 Å². The van der Waals surface area contributed by atoms with E-state index in [-0.39, 0.29) is 0 Å². The number of hydrogen-bond donors (Lipinski definition) is 1. The molecule has 0 bridgehead atoms. The van der Waals surface area contributed by atoms with Crippen molar-refractivity contribution in [3.8, 4) is 0 Å². The molecule has 1 aliphatic carbocycles. The first-order chi connectivity index (χ1) is 8.29. The van der Waals surface area contributed by atoms with E-state index < -0.39 is 6.10 Å². The van der Waals surface area contributed by atoms with E-state index >= 15 is 0 Å². The minimum atomic E-state index is -0.652. The summed E-state index contributed by atoms with van der Waals surface area (Å²) in [6.45, 7) is 2.61. The standard InChI is InChI=1S/C11H17N3O3/c1-2-16-17-8-7-11(15)9-5-3-4-6-10(9)13-14-12/h3-4,11,15H,2,5-8H2,1H3. The minimum absolute atomic E-state index is 0.311. The van der Waals surface area contributed by atoms with Gasteiger partial charge in [-0.15, -0.1) is 0 Å². The number of rotatable bonds is 7. The summed E-state index contributed by atoms with van der Waals surface area (Å²) in [5.74, 6) is 0. The fourth-order valence-electron chi connectivity index (χ4n) is 1.62. The Balaban J connectivity index is 2.52. The quantitative estimate of drug-likeness (QED) is 0.141. The van der Waals surface area contributed by atoms with Gasteiger partial charge in [-0.25, -0.2) is 9.78 Å². The first-order valence-corrected chi connectivity index (χ1v) is 5.64. The van der Waals surface area contributed by atoms with Gasteiger partial charge in [0.1, 0.15) is 0 Å². The molecule has 0 saturated heterocycles. The molecule has 1 rings (SSSR count). The lowest BCUT2D eigenvalue weighted by Crippen LogP contribution is -2.16. The number of allylic oxidation sites excluding steroid dienone is 2. The van der Waals surface area contributed by atoms with Gasteiger partial charge in [0, 0.05) is 17.0 Å². The lowest BCUT2D eigenvalue weighted by Gasteiger charge is -2.18. The molecule has 1 aliphatic rings. The first-order valence-electron chi connectivity index (χ1n) is 5.64. The van der Waals surface area contributed by atoms with Crippen LogP contribution in [0.1, 0.15) is 26.2 Å². The molecule has 0 aromatic heterocycles. The van der Waals surface area contributed by atoms with Gasteiger partial charge < -0.3 is 5.11 Å². The van der Waals surface area contributed by atoms with E-state index in [9.17, 15) is 5.11 Å². The Hall–Kier alpha value is -1.33. The number of hydrogen-bond acceptors (Lipinski definition) is 4. The molecule has 0 aromatic carbocycles. The van der Waals surface area contributed by atoms with Gasteiger partial charge in [-0.1, -0.05) is 17.3 Å². The molecular weight excluding hydrogens is 222 g/mol. The summed E-state index contributed by atoms with van der Waals surface area (Å²) in [4.78, 5) is 12.3. The Bertz CT molecular complexity index is 346. The Labute approximate surface area is 100 Å². The van der Waals surface area contributed by atoms with Gasteiger partial charge in [-0.05, 0) is 30.9 Å². The van der Waals surface area contributed by atoms with Crippen LogP contribution in [0.5, 0.6) is 0 Å². The van der Waals surface area contributed by atoms with Gasteiger partial charge >= 0.3 is 0 Å². The normalized spacial score (nSPS) is 16.8. The van der Waals surface area contributed by atoms with Crippen molar-refractivity contribution in [3.05, 3.63) is 33.9 Å². The smallest absolute Gasteiger partial charge is 0.0850 e. The molecule has 6 heteroatoms. The van der Waals surface area contributed by atoms with E-state index in [4.69, 9.17) is 15.3 Å². The van der Waals surface area contributed by atoms with Crippen LogP contribution < -0.4 is 0 Å². The van der Waals surface area contributed by atoms with Gasteiger partial charge in [-0.3, -0.25) is 0 Å². The fourth-order valence-corrected chi connectivity index (χ4v) is 1.62. The molecule has 1 unspecified atom stereocenters. The van der Waals surface area contributed by atoms with Crippen LogP contribution in [-0.4, -0.2) is 24.4 Å². The second-order valence-corrected chi connectivity index (χ2v) is 3.57. The Morgan fingerprint density at radius 3 is 2.94 bits per heavy atom. The zero-order valence-electron chi connectivity index (χ0n) is 9.87. The van der Waals surface area contributed by atoms with Crippen LogP contribution >= 0.6 is 0 Å². The van der Waals surface area contributed by atoms with Gasteiger partial charge in [0.2, 0.25) is 0 Å². The number of aliphatic hydroxyl groups is 1. The maximum absolute atomic E-state index is 9.96. The Morgan fingerprint density at radius 2 is 2.24 bits per heavy atom. The number of aliphatic hydroxyl groups excluding tert-OH is 1. The third kappa shape index (κ3) is 4.58. The molecular formula is C11H17N3O3. The van der Waals surface area contributed by atoms with Crippen LogP contribution in [-0.2, 0) is 9.78 Å². The summed E-state index contributed by atoms with van der Waals surface area (Å²) in [5.41, 5.74) is 9.82. The first kappa shape index (κ1) is 13.7. The molecule has 0 aliphatic heterocycles. The molecule has 94 valence electrons. The van der Waals surface area contributed by atoms with Crippen LogP contribution in [0.25, 0.3) is 10.4 Å². The maximum atomic E-state index is 9.96. The van der Waals surface area contributed by atoms with Crippen molar-refractivity contribution in [3.63, 3.8) is 0 Å². The lowest BCUT2D eigenvalue weighted by atomic mass is 9.96. The van der Waals surface area contributed by atoms with Gasteiger partial charge in [0.05, 0.1) is 19.3 Å². The van der Waals surface area contributed by atoms with E-state index in [1.54, 1.807) is 0 Å². The molecule has 0 fully saturated rings. The van der Waals surface area contributed by atoms with Crippen molar-refractivity contribution >= 4 is 0 Å². The highest BCUT2D eigenvalue weighted by molar-refractivity contribution is 5.26. The third-order valence-corrected chi connectivity index (χ3v) is 2.43. The van der Waals surface area contributed by atoms with Crippen LogP contribution in [0, 0.1) is 0 Å². The van der Waals surface area contributed by atoms with Crippen molar-refractivity contribution in [1.82, 2.24) is 0 Å². The molecule has 0 heterocycles. The minimum Gasteiger partial charge on any atom is -0.389 e. The summed E-state index contributed by atoms with van der Waals surface area (Å²) >= 11 is 0. The summed E-state index contributed by atoms with van der Waals surface area (Å²) in [6, 6.07) is 0. The molecule has 0 spiro atoms. The van der Waals surface area contributed by atoms with Gasteiger partial charge in [0.25, 0.3) is 0 Å². The summed E-state index contributed by atoms with van der Waals surface area (Å²) < 4.78 is 0. The van der Waals surface area contributed by atoms with Crippen molar-refractivity contribution < 1.29 is 14.9 Å². The van der Waals surface area contributed by atoms with Crippen molar-refractivity contribution in [2.24, 2.45) is 5.11 Å². The number of nitrogens with zero attached hydrogens (tertiary/aromatic N) is 3. The SMILES string of the molecule is CCOOCCC(O)C1=C(N=[N+]=[N-])CC=CC1. The zero-order valence-corrected chi connectivity index (χ0v) is 9.87. The number of azide groups is 1. The fraction of sp³-hybridized carbons (Fsp3) is 0.636. The van der Waals surface area contributed by atoms with E-state index in [0.29, 0.717) is 38.2 Å². The third-order valence-electron chi connectivity index (χ3n) is 2.43. The second kappa shape index (κ2) is 7.86. The van der Waals surface area contributed by atoms with E-state index in [1.165, 1.54) is 0 Å². The molecule has 0 amide bonds. The average molecular weight is 239 g/mol. The molecule has 0 saturated carbocycles. The predicted octanol–water partition coefficient (Wildman–Crippen LogP) is 2.62. The average Bonchev–Trinajstić information content (AvgIpc) is 2.35. The van der Waals surface area contributed by atoms with E-state index in [1.807, 2.05) is 19.1 Å². The second-order valence-electron chi connectivity index (χ2n) is 3.57. The van der Waals surface area contributed by atoms with E-state index in [2.05, 4.69) is 10.0 Å². The maximum Gasteiger partial charge on any atom is 0.0850 e.